The van der Waals surface area contributed by atoms with E-state index in [1.54, 1.807) is 7.11 Å². The fraction of sp³-hybridized carbons (Fsp3) is 0.625. The van der Waals surface area contributed by atoms with Crippen molar-refractivity contribution < 1.29 is 4.74 Å². The predicted octanol–water partition coefficient (Wildman–Crippen LogP) is 2.81. The van der Waals surface area contributed by atoms with Gasteiger partial charge in [-0.25, -0.2) is 0 Å². The van der Waals surface area contributed by atoms with Crippen molar-refractivity contribution in [3.63, 3.8) is 0 Å². The number of nitrogens with one attached hydrogen (secondary N) is 1. The molecule has 0 spiro atoms. The average Bonchev–Trinajstić information content (AvgIpc) is 2.42. The van der Waals surface area contributed by atoms with Crippen molar-refractivity contribution >= 4 is 0 Å². The molecule has 0 amide bonds. The molecule has 1 aliphatic heterocycles. The summed E-state index contributed by atoms with van der Waals surface area (Å²) in [5, 5.41) is 3.43. The lowest BCUT2D eigenvalue weighted by molar-refractivity contribution is 0.195. The molecule has 1 aromatic carbocycles. The molecule has 0 saturated carbocycles. The maximum absolute atomic E-state index is 5.08. The van der Waals surface area contributed by atoms with Crippen LogP contribution in [0.25, 0.3) is 0 Å². The molecule has 2 heteroatoms. The van der Waals surface area contributed by atoms with Gasteiger partial charge in [0.25, 0.3) is 0 Å². The Morgan fingerprint density at radius 2 is 1.78 bits per heavy atom. The SMILES string of the molecule is COCCCc1ccc(CC2CCNCC2)cc1. The van der Waals surface area contributed by atoms with Crippen LogP contribution in [0, 0.1) is 5.92 Å². The summed E-state index contributed by atoms with van der Waals surface area (Å²) in [7, 11) is 1.77. The Bertz CT molecular complexity index is 327. The van der Waals surface area contributed by atoms with Crippen LogP contribution in [0.1, 0.15) is 30.4 Å². The fourth-order valence-electron chi connectivity index (χ4n) is 2.68. The van der Waals surface area contributed by atoms with Crippen LogP contribution in [-0.2, 0) is 17.6 Å². The standard InChI is InChI=1S/C16H25NO/c1-18-12-2-3-14-4-6-15(7-5-14)13-16-8-10-17-11-9-16/h4-7,16-17H,2-3,8-13H2,1H3. The van der Waals surface area contributed by atoms with Gasteiger partial charge < -0.3 is 10.1 Å². The molecule has 18 heavy (non-hydrogen) atoms. The van der Waals surface area contributed by atoms with Crippen molar-refractivity contribution in [2.75, 3.05) is 26.8 Å². The van der Waals surface area contributed by atoms with E-state index >= 15 is 0 Å². The zero-order valence-electron chi connectivity index (χ0n) is 11.5. The first-order valence-corrected chi connectivity index (χ1v) is 7.16. The van der Waals surface area contributed by atoms with Gasteiger partial charge in [0.15, 0.2) is 0 Å². The first-order chi connectivity index (χ1) is 8.88. The van der Waals surface area contributed by atoms with Crippen molar-refractivity contribution in [3.8, 4) is 0 Å². The van der Waals surface area contributed by atoms with Crippen LogP contribution < -0.4 is 5.32 Å². The highest BCUT2D eigenvalue weighted by Gasteiger charge is 2.13. The number of ether oxygens (including phenoxy) is 1. The Morgan fingerprint density at radius 1 is 1.11 bits per heavy atom. The van der Waals surface area contributed by atoms with Crippen LogP contribution in [0.15, 0.2) is 24.3 Å². The van der Waals surface area contributed by atoms with Gasteiger partial charge in [-0.15, -0.1) is 0 Å². The highest BCUT2D eigenvalue weighted by molar-refractivity contribution is 5.23. The van der Waals surface area contributed by atoms with E-state index in [0.717, 1.165) is 25.4 Å². The Morgan fingerprint density at radius 3 is 2.44 bits per heavy atom. The molecule has 2 rings (SSSR count). The second-order valence-corrected chi connectivity index (χ2v) is 5.31. The molecule has 1 saturated heterocycles. The monoisotopic (exact) mass is 247 g/mol. The number of benzene rings is 1. The van der Waals surface area contributed by atoms with Crippen LogP contribution in [-0.4, -0.2) is 26.8 Å². The number of hydrogen-bond acceptors (Lipinski definition) is 2. The van der Waals surface area contributed by atoms with Crippen LogP contribution in [0.5, 0.6) is 0 Å². The van der Waals surface area contributed by atoms with Gasteiger partial charge in [-0.2, -0.15) is 0 Å². The second kappa shape index (κ2) is 7.55. The van der Waals surface area contributed by atoms with Gasteiger partial charge in [0.1, 0.15) is 0 Å². The molecule has 0 aromatic heterocycles. The number of piperidine rings is 1. The summed E-state index contributed by atoms with van der Waals surface area (Å²) in [4.78, 5) is 0. The molecule has 0 unspecified atom stereocenters. The van der Waals surface area contributed by atoms with Crippen molar-refractivity contribution in [2.45, 2.75) is 32.1 Å². The van der Waals surface area contributed by atoms with Crippen LogP contribution in [0.2, 0.25) is 0 Å². The number of hydrogen-bond donors (Lipinski definition) is 1. The lowest BCUT2D eigenvalue weighted by Gasteiger charge is -2.22. The van der Waals surface area contributed by atoms with Gasteiger partial charge in [0.2, 0.25) is 0 Å². The summed E-state index contributed by atoms with van der Waals surface area (Å²) in [6.07, 6.45) is 6.15. The molecule has 100 valence electrons. The summed E-state index contributed by atoms with van der Waals surface area (Å²) in [5.41, 5.74) is 2.93. The Hall–Kier alpha value is -0.860. The van der Waals surface area contributed by atoms with E-state index < -0.39 is 0 Å². The maximum Gasteiger partial charge on any atom is 0.0465 e. The molecular formula is C16H25NO. The minimum atomic E-state index is 0.858. The minimum absolute atomic E-state index is 0.858. The summed E-state index contributed by atoms with van der Waals surface area (Å²) in [5.74, 6) is 0.880. The number of aryl methyl sites for hydroxylation is 1. The Kier molecular flexibility index (Phi) is 5.69. The number of methoxy groups -OCH3 is 1. The van der Waals surface area contributed by atoms with Crippen LogP contribution in [0.4, 0.5) is 0 Å². The summed E-state index contributed by atoms with van der Waals surface area (Å²) in [6, 6.07) is 9.19. The zero-order chi connectivity index (χ0) is 12.6. The largest absolute Gasteiger partial charge is 0.385 e. The first-order valence-electron chi connectivity index (χ1n) is 7.16. The molecule has 0 atom stereocenters. The van der Waals surface area contributed by atoms with Crippen molar-refractivity contribution in [1.29, 1.82) is 0 Å². The van der Waals surface area contributed by atoms with E-state index in [0.29, 0.717) is 0 Å². The average molecular weight is 247 g/mol. The van der Waals surface area contributed by atoms with Crippen molar-refractivity contribution in [1.82, 2.24) is 5.32 Å². The minimum Gasteiger partial charge on any atom is -0.385 e. The lowest BCUT2D eigenvalue weighted by Crippen LogP contribution is -2.28. The van der Waals surface area contributed by atoms with E-state index in [9.17, 15) is 0 Å². The van der Waals surface area contributed by atoms with Gasteiger partial charge in [-0.05, 0) is 62.2 Å². The summed E-state index contributed by atoms with van der Waals surface area (Å²) in [6.45, 7) is 3.25. The van der Waals surface area contributed by atoms with E-state index in [2.05, 4.69) is 29.6 Å². The summed E-state index contributed by atoms with van der Waals surface area (Å²) >= 11 is 0. The lowest BCUT2D eigenvalue weighted by atomic mass is 9.90. The molecule has 0 bridgehead atoms. The highest BCUT2D eigenvalue weighted by Crippen LogP contribution is 2.18. The Balaban J connectivity index is 1.79. The van der Waals surface area contributed by atoms with E-state index in [1.807, 2.05) is 0 Å². The van der Waals surface area contributed by atoms with Crippen molar-refractivity contribution in [2.24, 2.45) is 5.92 Å². The molecule has 1 aromatic rings. The maximum atomic E-state index is 5.08. The van der Waals surface area contributed by atoms with E-state index in [-0.39, 0.29) is 0 Å². The quantitative estimate of drug-likeness (QED) is 0.781. The molecule has 1 fully saturated rings. The summed E-state index contributed by atoms with van der Waals surface area (Å²) < 4.78 is 5.08. The normalized spacial score (nSPS) is 16.9. The van der Waals surface area contributed by atoms with Gasteiger partial charge >= 0.3 is 0 Å². The predicted molar refractivity (Wildman–Crippen MR) is 75.9 cm³/mol. The molecule has 0 radical (unpaired) electrons. The molecule has 1 heterocycles. The third-order valence-electron chi connectivity index (χ3n) is 3.82. The Labute approximate surface area is 111 Å². The second-order valence-electron chi connectivity index (χ2n) is 5.31. The molecular weight excluding hydrogens is 222 g/mol. The van der Waals surface area contributed by atoms with Gasteiger partial charge in [-0.1, -0.05) is 24.3 Å². The first kappa shape index (κ1) is 13.6. The fourth-order valence-corrected chi connectivity index (χ4v) is 2.68. The highest BCUT2D eigenvalue weighted by atomic mass is 16.5. The zero-order valence-corrected chi connectivity index (χ0v) is 11.5. The van der Waals surface area contributed by atoms with Gasteiger partial charge in [-0.3, -0.25) is 0 Å². The number of rotatable bonds is 6. The van der Waals surface area contributed by atoms with Crippen LogP contribution in [0.3, 0.4) is 0 Å². The van der Waals surface area contributed by atoms with Crippen LogP contribution >= 0.6 is 0 Å². The smallest absolute Gasteiger partial charge is 0.0465 e. The van der Waals surface area contributed by atoms with Crippen molar-refractivity contribution in [3.05, 3.63) is 35.4 Å². The van der Waals surface area contributed by atoms with Gasteiger partial charge in [0.05, 0.1) is 0 Å². The molecule has 1 N–H and O–H groups in total. The van der Waals surface area contributed by atoms with E-state index in [4.69, 9.17) is 4.74 Å². The van der Waals surface area contributed by atoms with E-state index in [1.165, 1.54) is 43.5 Å². The third-order valence-corrected chi connectivity index (χ3v) is 3.82. The molecule has 0 aliphatic carbocycles. The topological polar surface area (TPSA) is 21.3 Å². The third kappa shape index (κ3) is 4.43. The molecule has 2 nitrogen and oxygen atoms in total. The molecule has 1 aliphatic rings. The van der Waals surface area contributed by atoms with Gasteiger partial charge in [0, 0.05) is 13.7 Å².